The molecule has 0 spiro atoms. The summed E-state index contributed by atoms with van der Waals surface area (Å²) in [6, 6.07) is 14.9. The number of aromatic hydroxyl groups is 1. The lowest BCUT2D eigenvalue weighted by Gasteiger charge is -2.08. The summed E-state index contributed by atoms with van der Waals surface area (Å²) >= 11 is 0. The number of hydrogen-bond donors (Lipinski definition) is 2. The fourth-order valence-corrected chi connectivity index (χ4v) is 2.50. The van der Waals surface area contributed by atoms with E-state index in [0.717, 1.165) is 6.42 Å². The number of phenolic OH excluding ortho intramolecular Hbond substituents is 1. The lowest BCUT2D eigenvalue weighted by molar-refractivity contribution is 0.0947. The Morgan fingerprint density at radius 3 is 2.67 bits per heavy atom. The van der Waals surface area contributed by atoms with E-state index in [4.69, 9.17) is 4.74 Å². The van der Waals surface area contributed by atoms with Gasteiger partial charge < -0.3 is 15.2 Å². The van der Waals surface area contributed by atoms with E-state index in [-0.39, 0.29) is 23.3 Å². The van der Waals surface area contributed by atoms with Crippen molar-refractivity contribution >= 4 is 5.91 Å². The predicted octanol–water partition coefficient (Wildman–Crippen LogP) is 2.69. The highest BCUT2D eigenvalue weighted by molar-refractivity contribution is 5.97. The quantitative estimate of drug-likeness (QED) is 0.907. The minimum Gasteiger partial charge on any atom is -0.507 e. The third-order valence-corrected chi connectivity index (χ3v) is 3.78. The molecule has 21 heavy (non-hydrogen) atoms. The fraction of sp³-hybridized carbons (Fsp3) is 0.235. The molecule has 0 unspecified atom stereocenters. The Bertz CT molecular complexity index is 654. The van der Waals surface area contributed by atoms with Crippen LogP contribution in [0, 0.1) is 0 Å². The summed E-state index contributed by atoms with van der Waals surface area (Å²) < 4.78 is 5.01. The molecular formula is C17H17NO3. The summed E-state index contributed by atoms with van der Waals surface area (Å²) in [6.07, 6.45) is 0.937. The minimum absolute atomic E-state index is 0.0660. The summed E-state index contributed by atoms with van der Waals surface area (Å²) in [5.41, 5.74) is 1.51. The second kappa shape index (κ2) is 5.48. The molecule has 4 heteroatoms. The van der Waals surface area contributed by atoms with Gasteiger partial charge in [0.1, 0.15) is 11.5 Å². The Kier molecular flexibility index (Phi) is 3.52. The van der Waals surface area contributed by atoms with Crippen LogP contribution in [-0.2, 0) is 0 Å². The molecule has 0 heterocycles. The van der Waals surface area contributed by atoms with Gasteiger partial charge in [0.25, 0.3) is 5.91 Å². The molecule has 2 aromatic carbocycles. The highest BCUT2D eigenvalue weighted by Gasteiger charge is 2.39. The van der Waals surface area contributed by atoms with Crippen molar-refractivity contribution in [2.75, 3.05) is 7.11 Å². The van der Waals surface area contributed by atoms with Gasteiger partial charge in [0.2, 0.25) is 0 Å². The maximum Gasteiger partial charge on any atom is 0.255 e. The monoisotopic (exact) mass is 283 g/mol. The van der Waals surface area contributed by atoms with Crippen LogP contribution in [0.1, 0.15) is 28.3 Å². The van der Waals surface area contributed by atoms with E-state index >= 15 is 0 Å². The summed E-state index contributed by atoms with van der Waals surface area (Å²) in [6.45, 7) is 0. The van der Waals surface area contributed by atoms with Crippen molar-refractivity contribution in [2.45, 2.75) is 18.4 Å². The van der Waals surface area contributed by atoms with Crippen LogP contribution in [0.3, 0.4) is 0 Å². The summed E-state index contributed by atoms with van der Waals surface area (Å²) in [7, 11) is 1.52. The van der Waals surface area contributed by atoms with Crippen molar-refractivity contribution < 1.29 is 14.6 Å². The number of carbonyl (C=O) groups is 1. The molecule has 0 aliphatic heterocycles. The van der Waals surface area contributed by atoms with Crippen LogP contribution < -0.4 is 10.1 Å². The van der Waals surface area contributed by atoms with Crippen molar-refractivity contribution in [3.63, 3.8) is 0 Å². The summed E-state index contributed by atoms with van der Waals surface area (Å²) in [4.78, 5) is 12.2. The van der Waals surface area contributed by atoms with Crippen LogP contribution in [-0.4, -0.2) is 24.2 Å². The van der Waals surface area contributed by atoms with Gasteiger partial charge >= 0.3 is 0 Å². The molecule has 0 saturated heterocycles. The van der Waals surface area contributed by atoms with Gasteiger partial charge in [0.05, 0.1) is 12.7 Å². The SMILES string of the molecule is COc1ccc(C(=O)N[C@@H]2C[C@H]2c2ccccc2)c(O)c1. The molecule has 4 nitrogen and oxygen atoms in total. The van der Waals surface area contributed by atoms with Crippen LogP contribution >= 0.6 is 0 Å². The number of methoxy groups -OCH3 is 1. The Balaban J connectivity index is 1.66. The molecular weight excluding hydrogens is 266 g/mol. The Hall–Kier alpha value is -2.49. The molecule has 1 amide bonds. The number of hydrogen-bond acceptors (Lipinski definition) is 3. The van der Waals surface area contributed by atoms with Gasteiger partial charge in [-0.15, -0.1) is 0 Å². The fourth-order valence-electron chi connectivity index (χ4n) is 2.50. The number of benzene rings is 2. The molecule has 0 bridgehead atoms. The molecule has 0 radical (unpaired) electrons. The zero-order valence-electron chi connectivity index (χ0n) is 11.7. The molecule has 2 atom stereocenters. The normalized spacial score (nSPS) is 19.9. The van der Waals surface area contributed by atoms with Gasteiger partial charge in [0.15, 0.2) is 0 Å². The largest absolute Gasteiger partial charge is 0.507 e. The van der Waals surface area contributed by atoms with Gasteiger partial charge in [-0.1, -0.05) is 30.3 Å². The molecule has 1 saturated carbocycles. The predicted molar refractivity (Wildman–Crippen MR) is 79.7 cm³/mol. The number of carbonyl (C=O) groups excluding carboxylic acids is 1. The van der Waals surface area contributed by atoms with Crippen molar-refractivity contribution in [2.24, 2.45) is 0 Å². The van der Waals surface area contributed by atoms with Gasteiger partial charge in [-0.05, 0) is 24.1 Å². The number of nitrogens with one attached hydrogen (secondary N) is 1. The molecule has 1 fully saturated rings. The number of ether oxygens (including phenoxy) is 1. The smallest absolute Gasteiger partial charge is 0.255 e. The first kappa shape index (κ1) is 13.5. The van der Waals surface area contributed by atoms with Gasteiger partial charge in [-0.25, -0.2) is 0 Å². The van der Waals surface area contributed by atoms with Crippen LogP contribution in [0.4, 0.5) is 0 Å². The van der Waals surface area contributed by atoms with Crippen LogP contribution in [0.2, 0.25) is 0 Å². The second-order valence-electron chi connectivity index (χ2n) is 5.22. The highest BCUT2D eigenvalue weighted by atomic mass is 16.5. The first-order valence-electron chi connectivity index (χ1n) is 6.92. The zero-order valence-corrected chi connectivity index (χ0v) is 11.7. The number of phenols is 1. The van der Waals surface area contributed by atoms with E-state index in [9.17, 15) is 9.90 Å². The van der Waals surface area contributed by atoms with E-state index in [1.165, 1.54) is 18.7 Å². The molecule has 2 N–H and O–H groups in total. The van der Waals surface area contributed by atoms with Gasteiger partial charge in [0, 0.05) is 18.0 Å². The maximum absolute atomic E-state index is 12.2. The Morgan fingerprint density at radius 2 is 2.00 bits per heavy atom. The van der Waals surface area contributed by atoms with E-state index in [1.807, 2.05) is 18.2 Å². The molecule has 1 aliphatic carbocycles. The lowest BCUT2D eigenvalue weighted by Crippen LogP contribution is -2.26. The maximum atomic E-state index is 12.2. The standard InChI is InChI=1S/C17H17NO3/c1-21-12-7-8-13(16(19)9-12)17(20)18-15-10-14(15)11-5-3-2-4-6-11/h2-9,14-15,19H,10H2,1H3,(H,18,20)/t14-,15+/m0/s1. The first-order chi connectivity index (χ1) is 10.2. The molecule has 1 aliphatic rings. The van der Waals surface area contributed by atoms with Crippen LogP contribution in [0.5, 0.6) is 11.5 Å². The van der Waals surface area contributed by atoms with Crippen molar-refractivity contribution in [1.82, 2.24) is 5.32 Å². The van der Waals surface area contributed by atoms with E-state index in [2.05, 4.69) is 17.4 Å². The molecule has 108 valence electrons. The lowest BCUT2D eigenvalue weighted by atomic mass is 10.1. The second-order valence-corrected chi connectivity index (χ2v) is 5.22. The highest BCUT2D eigenvalue weighted by Crippen LogP contribution is 2.41. The average Bonchev–Trinajstić information content (AvgIpc) is 3.27. The van der Waals surface area contributed by atoms with Gasteiger partial charge in [-0.2, -0.15) is 0 Å². The molecule has 3 rings (SSSR count). The number of amides is 1. The van der Waals surface area contributed by atoms with Crippen molar-refractivity contribution in [3.05, 3.63) is 59.7 Å². The Labute approximate surface area is 123 Å². The van der Waals surface area contributed by atoms with E-state index in [1.54, 1.807) is 12.1 Å². The third-order valence-electron chi connectivity index (χ3n) is 3.78. The first-order valence-corrected chi connectivity index (χ1v) is 6.92. The minimum atomic E-state index is -0.251. The molecule has 0 aromatic heterocycles. The third kappa shape index (κ3) is 2.84. The average molecular weight is 283 g/mol. The van der Waals surface area contributed by atoms with Crippen molar-refractivity contribution in [3.8, 4) is 11.5 Å². The Morgan fingerprint density at radius 1 is 1.24 bits per heavy atom. The topological polar surface area (TPSA) is 58.6 Å². The number of rotatable bonds is 4. The summed E-state index contributed by atoms with van der Waals surface area (Å²) in [5, 5.41) is 12.8. The van der Waals surface area contributed by atoms with Crippen LogP contribution in [0.25, 0.3) is 0 Å². The van der Waals surface area contributed by atoms with Crippen molar-refractivity contribution in [1.29, 1.82) is 0 Å². The van der Waals surface area contributed by atoms with E-state index < -0.39 is 0 Å². The van der Waals surface area contributed by atoms with E-state index in [0.29, 0.717) is 11.7 Å². The van der Waals surface area contributed by atoms with Gasteiger partial charge in [-0.3, -0.25) is 4.79 Å². The summed E-state index contributed by atoms with van der Waals surface area (Å²) in [5.74, 6) is 0.579. The molecule has 2 aromatic rings. The zero-order chi connectivity index (χ0) is 14.8. The van der Waals surface area contributed by atoms with Crippen LogP contribution in [0.15, 0.2) is 48.5 Å².